The van der Waals surface area contributed by atoms with Crippen molar-refractivity contribution in [3.8, 4) is 11.5 Å². The molecule has 1 aromatic carbocycles. The molecule has 0 atom stereocenters. The van der Waals surface area contributed by atoms with Gasteiger partial charge in [0.05, 0.1) is 19.8 Å². The van der Waals surface area contributed by atoms with Gasteiger partial charge in [-0.1, -0.05) is 6.07 Å². The Morgan fingerprint density at radius 2 is 1.79 bits per heavy atom. The molecule has 2 rings (SSSR count). The predicted octanol–water partition coefficient (Wildman–Crippen LogP) is 3.61. The van der Waals surface area contributed by atoms with Crippen molar-refractivity contribution in [3.05, 3.63) is 45.1 Å². The molecule has 0 saturated heterocycles. The number of carbonyl (C=O) groups excluding carboxylic acids is 1. The first-order valence-electron chi connectivity index (χ1n) is 5.90. The molecule has 0 aliphatic carbocycles. The lowest BCUT2D eigenvalue weighted by Crippen LogP contribution is -2.06. The van der Waals surface area contributed by atoms with Gasteiger partial charge >= 0.3 is 0 Å². The molecule has 0 fully saturated rings. The van der Waals surface area contributed by atoms with E-state index in [-0.39, 0.29) is 5.78 Å². The third-order valence-electron chi connectivity index (χ3n) is 2.95. The number of rotatable bonds is 4. The van der Waals surface area contributed by atoms with Crippen molar-refractivity contribution in [2.45, 2.75) is 13.8 Å². The standard InChI is InChI=1S/C15H16O3S/c1-9-7-10(2)13(12(8-9)18-4)14(16)15-11(17-3)5-6-19-15/h5-8H,1-4H3. The summed E-state index contributed by atoms with van der Waals surface area (Å²) in [5.41, 5.74) is 2.59. The summed E-state index contributed by atoms with van der Waals surface area (Å²) in [6.45, 7) is 3.90. The fraction of sp³-hybridized carbons (Fsp3) is 0.267. The summed E-state index contributed by atoms with van der Waals surface area (Å²) in [5, 5.41) is 1.85. The topological polar surface area (TPSA) is 35.5 Å². The predicted molar refractivity (Wildman–Crippen MR) is 76.8 cm³/mol. The van der Waals surface area contributed by atoms with Crippen LogP contribution in [-0.2, 0) is 0 Å². The maximum Gasteiger partial charge on any atom is 0.210 e. The molecule has 0 saturated carbocycles. The molecule has 0 spiro atoms. The number of hydrogen-bond donors (Lipinski definition) is 0. The second kappa shape index (κ2) is 5.45. The highest BCUT2D eigenvalue weighted by atomic mass is 32.1. The van der Waals surface area contributed by atoms with E-state index in [9.17, 15) is 4.79 Å². The highest BCUT2D eigenvalue weighted by Crippen LogP contribution is 2.32. The van der Waals surface area contributed by atoms with Crippen LogP contribution in [0, 0.1) is 13.8 Å². The fourth-order valence-electron chi connectivity index (χ4n) is 2.12. The maximum absolute atomic E-state index is 12.6. The van der Waals surface area contributed by atoms with Crippen molar-refractivity contribution in [1.82, 2.24) is 0 Å². The third kappa shape index (κ3) is 2.49. The lowest BCUT2D eigenvalue weighted by Gasteiger charge is -2.12. The van der Waals surface area contributed by atoms with Crippen LogP contribution in [0.4, 0.5) is 0 Å². The van der Waals surface area contributed by atoms with E-state index in [0.29, 0.717) is 21.9 Å². The summed E-state index contributed by atoms with van der Waals surface area (Å²) in [5.74, 6) is 1.16. The van der Waals surface area contributed by atoms with Gasteiger partial charge in [0.1, 0.15) is 16.4 Å². The summed E-state index contributed by atoms with van der Waals surface area (Å²) in [4.78, 5) is 13.3. The van der Waals surface area contributed by atoms with Crippen molar-refractivity contribution < 1.29 is 14.3 Å². The quantitative estimate of drug-likeness (QED) is 0.800. The van der Waals surface area contributed by atoms with Crippen LogP contribution in [-0.4, -0.2) is 20.0 Å². The second-order valence-electron chi connectivity index (χ2n) is 4.31. The number of ketones is 1. The smallest absolute Gasteiger partial charge is 0.210 e. The van der Waals surface area contributed by atoms with Gasteiger partial charge in [0.25, 0.3) is 0 Å². The van der Waals surface area contributed by atoms with Gasteiger partial charge in [-0.25, -0.2) is 0 Å². The minimum absolute atomic E-state index is 0.0544. The van der Waals surface area contributed by atoms with E-state index in [1.807, 2.05) is 31.4 Å². The Morgan fingerprint density at radius 3 is 2.42 bits per heavy atom. The van der Waals surface area contributed by atoms with Crippen LogP contribution in [0.5, 0.6) is 11.5 Å². The van der Waals surface area contributed by atoms with Crippen LogP contribution < -0.4 is 9.47 Å². The molecule has 19 heavy (non-hydrogen) atoms. The first-order chi connectivity index (χ1) is 9.08. The summed E-state index contributed by atoms with van der Waals surface area (Å²) in [7, 11) is 3.15. The monoisotopic (exact) mass is 276 g/mol. The Bertz CT molecular complexity index is 614. The van der Waals surface area contributed by atoms with Crippen LogP contribution in [0.3, 0.4) is 0 Å². The SMILES string of the molecule is COc1ccsc1C(=O)c1c(C)cc(C)cc1OC. The molecular weight excluding hydrogens is 260 g/mol. The Morgan fingerprint density at radius 1 is 1.11 bits per heavy atom. The Hall–Kier alpha value is -1.81. The van der Waals surface area contributed by atoms with Gasteiger partial charge in [-0.05, 0) is 42.5 Å². The summed E-state index contributed by atoms with van der Waals surface area (Å²) in [6.07, 6.45) is 0. The molecule has 1 aromatic heterocycles. The number of methoxy groups -OCH3 is 2. The van der Waals surface area contributed by atoms with Gasteiger partial charge < -0.3 is 9.47 Å². The fourth-order valence-corrected chi connectivity index (χ4v) is 2.92. The third-order valence-corrected chi connectivity index (χ3v) is 3.84. The first-order valence-corrected chi connectivity index (χ1v) is 6.78. The number of aryl methyl sites for hydroxylation is 2. The van der Waals surface area contributed by atoms with Gasteiger partial charge in [0.15, 0.2) is 0 Å². The Balaban J connectivity index is 2.56. The van der Waals surface area contributed by atoms with E-state index in [0.717, 1.165) is 11.1 Å². The largest absolute Gasteiger partial charge is 0.496 e. The molecule has 100 valence electrons. The average molecular weight is 276 g/mol. The van der Waals surface area contributed by atoms with Gasteiger partial charge in [0, 0.05) is 0 Å². The van der Waals surface area contributed by atoms with E-state index >= 15 is 0 Å². The number of hydrogen-bond acceptors (Lipinski definition) is 4. The minimum atomic E-state index is -0.0544. The zero-order valence-corrected chi connectivity index (χ0v) is 12.3. The van der Waals surface area contributed by atoms with Crippen molar-refractivity contribution in [2.75, 3.05) is 14.2 Å². The zero-order chi connectivity index (χ0) is 14.0. The lowest BCUT2D eigenvalue weighted by atomic mass is 9.99. The number of thiophene rings is 1. The van der Waals surface area contributed by atoms with Crippen LogP contribution in [0.15, 0.2) is 23.6 Å². The van der Waals surface area contributed by atoms with Crippen LogP contribution >= 0.6 is 11.3 Å². The molecule has 2 aromatic rings. The van der Waals surface area contributed by atoms with Gasteiger partial charge in [0.2, 0.25) is 5.78 Å². The van der Waals surface area contributed by atoms with Gasteiger partial charge in [-0.2, -0.15) is 0 Å². The Labute approximate surface area is 116 Å². The summed E-state index contributed by atoms with van der Waals surface area (Å²) in [6, 6.07) is 5.66. The highest BCUT2D eigenvalue weighted by Gasteiger charge is 2.22. The molecule has 4 heteroatoms. The number of benzene rings is 1. The molecule has 0 unspecified atom stereocenters. The van der Waals surface area contributed by atoms with Gasteiger partial charge in [-0.3, -0.25) is 4.79 Å². The Kier molecular flexibility index (Phi) is 3.90. The summed E-state index contributed by atoms with van der Waals surface area (Å²) < 4.78 is 10.6. The van der Waals surface area contributed by atoms with Crippen LogP contribution in [0.1, 0.15) is 26.4 Å². The van der Waals surface area contributed by atoms with E-state index in [1.165, 1.54) is 11.3 Å². The molecule has 0 aliphatic rings. The lowest BCUT2D eigenvalue weighted by molar-refractivity contribution is 0.103. The zero-order valence-electron chi connectivity index (χ0n) is 11.4. The first kappa shape index (κ1) is 13.6. The van der Waals surface area contributed by atoms with Crippen molar-refractivity contribution in [1.29, 1.82) is 0 Å². The van der Waals surface area contributed by atoms with E-state index in [4.69, 9.17) is 9.47 Å². The summed E-state index contributed by atoms with van der Waals surface area (Å²) >= 11 is 1.38. The average Bonchev–Trinajstić information content (AvgIpc) is 2.85. The molecule has 0 aliphatic heterocycles. The highest BCUT2D eigenvalue weighted by molar-refractivity contribution is 7.12. The van der Waals surface area contributed by atoms with Crippen molar-refractivity contribution in [2.24, 2.45) is 0 Å². The molecule has 3 nitrogen and oxygen atoms in total. The van der Waals surface area contributed by atoms with Crippen molar-refractivity contribution in [3.63, 3.8) is 0 Å². The minimum Gasteiger partial charge on any atom is -0.496 e. The molecular formula is C15H16O3S. The molecule has 0 amide bonds. The molecule has 0 N–H and O–H groups in total. The number of carbonyl (C=O) groups is 1. The van der Waals surface area contributed by atoms with Crippen molar-refractivity contribution >= 4 is 17.1 Å². The number of ether oxygens (including phenoxy) is 2. The van der Waals surface area contributed by atoms with Crippen LogP contribution in [0.2, 0.25) is 0 Å². The molecule has 0 bridgehead atoms. The van der Waals surface area contributed by atoms with Crippen LogP contribution in [0.25, 0.3) is 0 Å². The van der Waals surface area contributed by atoms with E-state index in [2.05, 4.69) is 0 Å². The van der Waals surface area contributed by atoms with E-state index < -0.39 is 0 Å². The van der Waals surface area contributed by atoms with E-state index in [1.54, 1.807) is 20.3 Å². The normalized spacial score (nSPS) is 10.3. The molecule has 1 heterocycles. The van der Waals surface area contributed by atoms with Gasteiger partial charge in [-0.15, -0.1) is 11.3 Å². The second-order valence-corrected chi connectivity index (χ2v) is 5.22. The maximum atomic E-state index is 12.6. The molecule has 0 radical (unpaired) electrons.